The monoisotopic (exact) mass is 356 g/mol. The predicted octanol–water partition coefficient (Wildman–Crippen LogP) is 3.77. The topological polar surface area (TPSA) is 24.5 Å². The van der Waals surface area contributed by atoms with Gasteiger partial charge in [0.15, 0.2) is 0 Å². The van der Waals surface area contributed by atoms with E-state index in [-0.39, 0.29) is 11.3 Å². The molecule has 2 aromatic rings. The Balaban J connectivity index is 2.10. The zero-order chi connectivity index (χ0) is 17.2. The van der Waals surface area contributed by atoms with Crippen molar-refractivity contribution in [1.29, 1.82) is 0 Å². The molecule has 0 spiro atoms. The van der Waals surface area contributed by atoms with Crippen molar-refractivity contribution in [3.8, 4) is 5.75 Å². The number of hydrogen-bond donors (Lipinski definition) is 1. The third-order valence-corrected chi connectivity index (χ3v) is 5.11. The number of rotatable bonds is 4. The minimum absolute atomic E-state index is 0.219. The van der Waals surface area contributed by atoms with Crippen LogP contribution in [0.2, 0.25) is 0 Å². The molecule has 130 valence electrons. The molecule has 1 atom stereocenters. The zero-order valence-corrected chi connectivity index (χ0v) is 14.1. The van der Waals surface area contributed by atoms with Gasteiger partial charge in [0.2, 0.25) is 0 Å². The molecule has 1 saturated heterocycles. The summed E-state index contributed by atoms with van der Waals surface area (Å²) < 4.78 is 46.0. The third-order valence-electron chi connectivity index (χ3n) is 4.19. The highest BCUT2D eigenvalue weighted by molar-refractivity contribution is 7.10. The minimum Gasteiger partial charge on any atom is -0.497 e. The number of ether oxygens (including phenoxy) is 1. The van der Waals surface area contributed by atoms with Gasteiger partial charge >= 0.3 is 6.18 Å². The first kappa shape index (κ1) is 17.3. The van der Waals surface area contributed by atoms with E-state index in [1.807, 2.05) is 17.5 Å². The number of nitrogens with zero attached hydrogens (tertiary/aromatic N) is 1. The van der Waals surface area contributed by atoms with Crippen molar-refractivity contribution in [2.75, 3.05) is 33.3 Å². The van der Waals surface area contributed by atoms with Gasteiger partial charge in [-0.2, -0.15) is 13.2 Å². The largest absolute Gasteiger partial charge is 0.497 e. The molecular formula is C17H19F3N2OS. The van der Waals surface area contributed by atoms with Crippen LogP contribution < -0.4 is 10.1 Å². The van der Waals surface area contributed by atoms with Gasteiger partial charge in [-0.3, -0.25) is 4.90 Å². The van der Waals surface area contributed by atoms with E-state index >= 15 is 0 Å². The summed E-state index contributed by atoms with van der Waals surface area (Å²) in [5.74, 6) is 0.219. The van der Waals surface area contributed by atoms with Gasteiger partial charge in [-0.25, -0.2) is 0 Å². The number of hydrogen-bond acceptors (Lipinski definition) is 4. The van der Waals surface area contributed by atoms with Gasteiger partial charge in [0.1, 0.15) is 5.75 Å². The molecule has 1 aliphatic rings. The first-order valence-corrected chi connectivity index (χ1v) is 8.62. The Morgan fingerprint density at radius 3 is 2.54 bits per heavy atom. The quantitative estimate of drug-likeness (QED) is 0.903. The van der Waals surface area contributed by atoms with E-state index < -0.39 is 17.8 Å². The van der Waals surface area contributed by atoms with E-state index in [2.05, 4.69) is 10.2 Å². The first-order chi connectivity index (χ1) is 11.5. The molecular weight excluding hydrogens is 337 g/mol. The second-order valence-corrected chi connectivity index (χ2v) is 6.63. The first-order valence-electron chi connectivity index (χ1n) is 7.74. The van der Waals surface area contributed by atoms with Gasteiger partial charge in [0, 0.05) is 31.1 Å². The summed E-state index contributed by atoms with van der Waals surface area (Å²) in [4.78, 5) is 3.03. The number of alkyl halides is 3. The summed E-state index contributed by atoms with van der Waals surface area (Å²) in [6.45, 7) is 2.98. The second-order valence-electron chi connectivity index (χ2n) is 5.65. The lowest BCUT2D eigenvalue weighted by molar-refractivity contribution is -0.138. The van der Waals surface area contributed by atoms with Crippen molar-refractivity contribution in [3.63, 3.8) is 0 Å². The SMILES string of the molecule is COc1ccc([C@H](c2cccs2)N2CCNCC2)c(C(F)(F)F)c1. The van der Waals surface area contributed by atoms with E-state index in [0.29, 0.717) is 13.1 Å². The normalized spacial score (nSPS) is 17.7. The summed E-state index contributed by atoms with van der Waals surface area (Å²) in [6.07, 6.45) is -4.42. The van der Waals surface area contributed by atoms with E-state index in [1.165, 1.54) is 18.4 Å². The summed E-state index contributed by atoms with van der Waals surface area (Å²) in [5, 5.41) is 5.15. The summed E-state index contributed by atoms with van der Waals surface area (Å²) in [5.41, 5.74) is -0.341. The van der Waals surface area contributed by atoms with Crippen molar-refractivity contribution < 1.29 is 17.9 Å². The molecule has 1 aromatic heterocycles. The molecule has 1 aromatic carbocycles. The molecule has 1 fully saturated rings. The van der Waals surface area contributed by atoms with Crippen LogP contribution in [0.4, 0.5) is 13.2 Å². The van der Waals surface area contributed by atoms with Crippen LogP contribution in [0.15, 0.2) is 35.7 Å². The highest BCUT2D eigenvalue weighted by Gasteiger charge is 2.38. The maximum Gasteiger partial charge on any atom is 0.416 e. The van der Waals surface area contributed by atoms with Gasteiger partial charge < -0.3 is 10.1 Å². The summed E-state index contributed by atoms with van der Waals surface area (Å²) in [7, 11) is 1.38. The Bertz CT molecular complexity index is 667. The molecule has 2 heterocycles. The fourth-order valence-corrected chi connectivity index (χ4v) is 3.94. The fraction of sp³-hybridized carbons (Fsp3) is 0.412. The Morgan fingerprint density at radius 2 is 1.96 bits per heavy atom. The van der Waals surface area contributed by atoms with Crippen molar-refractivity contribution in [2.45, 2.75) is 12.2 Å². The molecule has 3 rings (SSSR count). The van der Waals surface area contributed by atoms with E-state index in [1.54, 1.807) is 12.1 Å². The van der Waals surface area contributed by atoms with Crippen molar-refractivity contribution in [2.24, 2.45) is 0 Å². The second kappa shape index (κ2) is 7.13. The summed E-state index contributed by atoms with van der Waals surface area (Å²) in [6, 6.07) is 7.64. The molecule has 0 amide bonds. The van der Waals surface area contributed by atoms with Crippen molar-refractivity contribution in [1.82, 2.24) is 10.2 Å². The maximum atomic E-state index is 13.7. The van der Waals surface area contributed by atoms with Gasteiger partial charge in [0.05, 0.1) is 18.7 Å². The predicted molar refractivity (Wildman–Crippen MR) is 88.6 cm³/mol. The Hall–Kier alpha value is -1.57. The van der Waals surface area contributed by atoms with Crippen LogP contribution in [0.25, 0.3) is 0 Å². The van der Waals surface area contributed by atoms with Crippen LogP contribution >= 0.6 is 11.3 Å². The van der Waals surface area contributed by atoms with E-state index in [4.69, 9.17) is 4.74 Å². The molecule has 24 heavy (non-hydrogen) atoms. The molecule has 0 aliphatic carbocycles. The van der Waals surface area contributed by atoms with Crippen LogP contribution in [0.1, 0.15) is 22.0 Å². The molecule has 0 radical (unpaired) electrons. The lowest BCUT2D eigenvalue weighted by atomic mass is 9.96. The Kier molecular flexibility index (Phi) is 5.12. The van der Waals surface area contributed by atoms with E-state index in [0.717, 1.165) is 24.0 Å². The standard InChI is InChI=1S/C17H19F3N2OS/c1-23-12-4-5-13(14(11-12)17(18,19)20)16(15-3-2-10-24-15)22-8-6-21-7-9-22/h2-5,10-11,16,21H,6-9H2,1H3/t16-/m1/s1. The number of thiophene rings is 1. The Morgan fingerprint density at radius 1 is 1.21 bits per heavy atom. The van der Waals surface area contributed by atoms with Crippen LogP contribution in [0, 0.1) is 0 Å². The van der Waals surface area contributed by atoms with Gasteiger partial charge in [-0.1, -0.05) is 12.1 Å². The molecule has 7 heteroatoms. The molecule has 3 nitrogen and oxygen atoms in total. The number of nitrogens with one attached hydrogen (secondary N) is 1. The number of piperazine rings is 1. The highest BCUT2D eigenvalue weighted by Crippen LogP contribution is 2.41. The molecule has 1 aliphatic heterocycles. The lowest BCUT2D eigenvalue weighted by Gasteiger charge is -2.36. The van der Waals surface area contributed by atoms with Crippen LogP contribution in [0.3, 0.4) is 0 Å². The third kappa shape index (κ3) is 3.58. The smallest absolute Gasteiger partial charge is 0.416 e. The van der Waals surface area contributed by atoms with Crippen molar-refractivity contribution >= 4 is 11.3 Å². The van der Waals surface area contributed by atoms with E-state index in [9.17, 15) is 13.2 Å². The maximum absolute atomic E-state index is 13.7. The highest BCUT2D eigenvalue weighted by atomic mass is 32.1. The number of benzene rings is 1. The fourth-order valence-electron chi connectivity index (χ4n) is 3.06. The van der Waals surface area contributed by atoms with Gasteiger partial charge in [-0.05, 0) is 29.1 Å². The molecule has 0 bridgehead atoms. The zero-order valence-electron chi connectivity index (χ0n) is 13.3. The summed E-state index contributed by atoms with van der Waals surface area (Å²) >= 11 is 1.49. The molecule has 0 saturated carbocycles. The van der Waals surface area contributed by atoms with Crippen LogP contribution in [-0.4, -0.2) is 38.2 Å². The van der Waals surface area contributed by atoms with Gasteiger partial charge in [-0.15, -0.1) is 11.3 Å². The molecule has 1 N–H and O–H groups in total. The minimum atomic E-state index is -4.42. The molecule has 0 unspecified atom stereocenters. The average Bonchev–Trinajstić information content (AvgIpc) is 3.09. The lowest BCUT2D eigenvalue weighted by Crippen LogP contribution is -2.45. The number of halogens is 3. The number of methoxy groups -OCH3 is 1. The van der Waals surface area contributed by atoms with Gasteiger partial charge in [0.25, 0.3) is 0 Å². The Labute approximate surface area is 143 Å². The van der Waals surface area contributed by atoms with Crippen LogP contribution in [-0.2, 0) is 6.18 Å². The van der Waals surface area contributed by atoms with Crippen LogP contribution in [0.5, 0.6) is 5.75 Å². The average molecular weight is 356 g/mol. The van der Waals surface area contributed by atoms with Crippen molar-refractivity contribution in [3.05, 3.63) is 51.7 Å².